The number of aliphatic hydroxyl groups is 1. The van der Waals surface area contributed by atoms with E-state index in [1.165, 1.54) is 0 Å². The normalized spacial score (nSPS) is 24.7. The van der Waals surface area contributed by atoms with Gasteiger partial charge in [0.15, 0.2) is 0 Å². The average molecular weight is 228 g/mol. The van der Waals surface area contributed by atoms with Crippen LogP contribution in [-0.4, -0.2) is 49.2 Å². The van der Waals surface area contributed by atoms with Crippen molar-refractivity contribution in [2.75, 3.05) is 27.2 Å². The Morgan fingerprint density at radius 1 is 1.44 bits per heavy atom. The Bertz CT molecular complexity index is 219. The molecule has 1 aliphatic carbocycles. The van der Waals surface area contributed by atoms with Crippen LogP contribution in [0.25, 0.3) is 0 Å². The minimum absolute atomic E-state index is 0.115. The fraction of sp³-hybridized carbons (Fsp3) is 0.917. The molecular formula is C12H24N2O2. The van der Waals surface area contributed by atoms with Gasteiger partial charge in [0.2, 0.25) is 5.91 Å². The largest absolute Gasteiger partial charge is 0.393 e. The monoisotopic (exact) mass is 228 g/mol. The fourth-order valence-corrected chi connectivity index (χ4v) is 2.13. The Balaban J connectivity index is 1.97. The molecule has 1 rings (SSSR count). The van der Waals surface area contributed by atoms with Crippen LogP contribution in [0.3, 0.4) is 0 Å². The van der Waals surface area contributed by atoms with Crippen molar-refractivity contribution in [2.24, 2.45) is 5.92 Å². The van der Waals surface area contributed by atoms with Gasteiger partial charge in [0, 0.05) is 27.1 Å². The second-order valence-electron chi connectivity index (χ2n) is 4.85. The van der Waals surface area contributed by atoms with Gasteiger partial charge in [-0.3, -0.25) is 4.79 Å². The molecule has 16 heavy (non-hydrogen) atoms. The second kappa shape index (κ2) is 6.86. The van der Waals surface area contributed by atoms with Crippen molar-refractivity contribution in [1.82, 2.24) is 10.2 Å². The minimum atomic E-state index is -0.115. The lowest BCUT2D eigenvalue weighted by Crippen LogP contribution is -2.29. The van der Waals surface area contributed by atoms with Gasteiger partial charge in [-0.1, -0.05) is 6.42 Å². The summed E-state index contributed by atoms with van der Waals surface area (Å²) >= 11 is 0. The molecular weight excluding hydrogens is 204 g/mol. The molecule has 0 aliphatic heterocycles. The third kappa shape index (κ3) is 4.49. The Hall–Kier alpha value is -0.610. The summed E-state index contributed by atoms with van der Waals surface area (Å²) in [4.78, 5) is 12.9. The van der Waals surface area contributed by atoms with E-state index in [0.29, 0.717) is 12.3 Å². The van der Waals surface area contributed by atoms with E-state index in [1.807, 2.05) is 0 Å². The van der Waals surface area contributed by atoms with Crippen LogP contribution in [0.4, 0.5) is 0 Å². The molecule has 0 aromatic heterocycles. The highest BCUT2D eigenvalue weighted by Gasteiger charge is 2.24. The zero-order valence-electron chi connectivity index (χ0n) is 10.4. The number of nitrogens with zero attached hydrogens (tertiary/aromatic N) is 1. The van der Waals surface area contributed by atoms with Crippen molar-refractivity contribution in [3.63, 3.8) is 0 Å². The number of amides is 1. The third-order valence-corrected chi connectivity index (χ3v) is 3.27. The first-order chi connectivity index (χ1) is 7.61. The van der Waals surface area contributed by atoms with Crippen molar-refractivity contribution < 1.29 is 9.90 Å². The Morgan fingerprint density at radius 3 is 2.75 bits per heavy atom. The molecule has 94 valence electrons. The van der Waals surface area contributed by atoms with Crippen LogP contribution in [0.2, 0.25) is 0 Å². The zero-order chi connectivity index (χ0) is 12.0. The molecule has 2 N–H and O–H groups in total. The van der Waals surface area contributed by atoms with Crippen LogP contribution in [0.5, 0.6) is 0 Å². The first-order valence-corrected chi connectivity index (χ1v) is 6.20. The van der Waals surface area contributed by atoms with E-state index in [1.54, 1.807) is 19.0 Å². The molecule has 1 fully saturated rings. The minimum Gasteiger partial charge on any atom is -0.393 e. The molecule has 1 aliphatic rings. The van der Waals surface area contributed by atoms with E-state index >= 15 is 0 Å². The molecule has 0 aromatic rings. The number of nitrogens with one attached hydrogen (secondary N) is 1. The summed E-state index contributed by atoms with van der Waals surface area (Å²) < 4.78 is 0. The van der Waals surface area contributed by atoms with E-state index in [9.17, 15) is 9.90 Å². The standard InChI is InChI=1S/C12H24N2O2/c1-14(2)12(16)7-4-8-13-9-10-5-3-6-11(10)15/h10-11,13,15H,3-9H2,1-2H3. The molecule has 0 bridgehead atoms. The lowest BCUT2D eigenvalue weighted by molar-refractivity contribution is -0.128. The van der Waals surface area contributed by atoms with Crippen LogP contribution >= 0.6 is 0 Å². The molecule has 0 spiro atoms. The summed E-state index contributed by atoms with van der Waals surface area (Å²) in [7, 11) is 3.56. The van der Waals surface area contributed by atoms with Crippen LogP contribution in [0.15, 0.2) is 0 Å². The van der Waals surface area contributed by atoms with Crippen molar-refractivity contribution in [3.05, 3.63) is 0 Å². The topological polar surface area (TPSA) is 52.6 Å². The zero-order valence-corrected chi connectivity index (χ0v) is 10.4. The first-order valence-electron chi connectivity index (χ1n) is 6.20. The van der Waals surface area contributed by atoms with Gasteiger partial charge >= 0.3 is 0 Å². The van der Waals surface area contributed by atoms with E-state index in [0.717, 1.165) is 38.8 Å². The molecule has 0 aromatic carbocycles. The van der Waals surface area contributed by atoms with E-state index < -0.39 is 0 Å². The highest BCUT2D eigenvalue weighted by molar-refractivity contribution is 5.75. The number of carbonyl (C=O) groups excluding carboxylic acids is 1. The van der Waals surface area contributed by atoms with Gasteiger partial charge in [-0.2, -0.15) is 0 Å². The molecule has 1 saturated carbocycles. The number of hydrogen-bond donors (Lipinski definition) is 2. The lowest BCUT2D eigenvalue weighted by Gasteiger charge is -2.15. The highest BCUT2D eigenvalue weighted by Crippen LogP contribution is 2.24. The summed E-state index contributed by atoms with van der Waals surface area (Å²) in [5.41, 5.74) is 0. The summed E-state index contributed by atoms with van der Waals surface area (Å²) in [6.07, 6.45) is 4.59. The Labute approximate surface area is 98.0 Å². The fourth-order valence-electron chi connectivity index (χ4n) is 2.13. The predicted octanol–water partition coefficient (Wildman–Crippen LogP) is 0.605. The van der Waals surface area contributed by atoms with Crippen LogP contribution in [0, 0.1) is 5.92 Å². The van der Waals surface area contributed by atoms with E-state index in [2.05, 4.69) is 5.32 Å². The smallest absolute Gasteiger partial charge is 0.222 e. The van der Waals surface area contributed by atoms with Gasteiger partial charge in [0.25, 0.3) is 0 Å². The molecule has 0 saturated heterocycles. The van der Waals surface area contributed by atoms with Crippen LogP contribution in [0.1, 0.15) is 32.1 Å². The highest BCUT2D eigenvalue weighted by atomic mass is 16.3. The molecule has 0 radical (unpaired) electrons. The lowest BCUT2D eigenvalue weighted by atomic mass is 10.1. The maximum Gasteiger partial charge on any atom is 0.222 e. The first kappa shape index (κ1) is 13.5. The van der Waals surface area contributed by atoms with Crippen molar-refractivity contribution in [2.45, 2.75) is 38.2 Å². The van der Waals surface area contributed by atoms with E-state index in [4.69, 9.17) is 0 Å². The average Bonchev–Trinajstić information content (AvgIpc) is 2.63. The number of aliphatic hydroxyl groups excluding tert-OH is 1. The maximum absolute atomic E-state index is 11.3. The third-order valence-electron chi connectivity index (χ3n) is 3.27. The van der Waals surface area contributed by atoms with Gasteiger partial charge in [-0.15, -0.1) is 0 Å². The molecule has 4 heteroatoms. The Morgan fingerprint density at radius 2 is 2.19 bits per heavy atom. The molecule has 4 nitrogen and oxygen atoms in total. The summed E-state index contributed by atoms with van der Waals surface area (Å²) in [5.74, 6) is 0.604. The summed E-state index contributed by atoms with van der Waals surface area (Å²) in [6.45, 7) is 1.75. The van der Waals surface area contributed by atoms with E-state index in [-0.39, 0.29) is 12.0 Å². The van der Waals surface area contributed by atoms with Gasteiger partial charge in [0.1, 0.15) is 0 Å². The van der Waals surface area contributed by atoms with Crippen molar-refractivity contribution in [1.29, 1.82) is 0 Å². The van der Waals surface area contributed by atoms with Gasteiger partial charge < -0.3 is 15.3 Å². The summed E-state index contributed by atoms with van der Waals surface area (Å²) in [6, 6.07) is 0. The quantitative estimate of drug-likeness (QED) is 0.655. The van der Waals surface area contributed by atoms with Gasteiger partial charge in [-0.05, 0) is 31.7 Å². The molecule has 0 heterocycles. The summed E-state index contributed by atoms with van der Waals surface area (Å²) in [5, 5.41) is 12.9. The predicted molar refractivity (Wildman–Crippen MR) is 64.1 cm³/mol. The number of hydrogen-bond acceptors (Lipinski definition) is 3. The van der Waals surface area contributed by atoms with Gasteiger partial charge in [0.05, 0.1) is 6.10 Å². The number of rotatable bonds is 6. The SMILES string of the molecule is CN(C)C(=O)CCCNCC1CCCC1O. The van der Waals surface area contributed by atoms with Crippen molar-refractivity contribution >= 4 is 5.91 Å². The second-order valence-corrected chi connectivity index (χ2v) is 4.85. The molecule has 2 atom stereocenters. The van der Waals surface area contributed by atoms with Crippen LogP contribution in [-0.2, 0) is 4.79 Å². The maximum atomic E-state index is 11.3. The van der Waals surface area contributed by atoms with Crippen molar-refractivity contribution in [3.8, 4) is 0 Å². The Kier molecular flexibility index (Phi) is 5.77. The molecule has 1 amide bonds. The van der Waals surface area contributed by atoms with Gasteiger partial charge in [-0.25, -0.2) is 0 Å². The van der Waals surface area contributed by atoms with Crippen LogP contribution < -0.4 is 5.32 Å². The molecule has 2 unspecified atom stereocenters. The number of carbonyl (C=O) groups is 1.